The van der Waals surface area contributed by atoms with Crippen molar-refractivity contribution in [1.29, 1.82) is 0 Å². The first-order valence-corrected chi connectivity index (χ1v) is 6.79. The van der Waals surface area contributed by atoms with Crippen molar-refractivity contribution in [3.05, 3.63) is 0 Å². The zero-order chi connectivity index (χ0) is 15.3. The van der Waals surface area contributed by atoms with Crippen LogP contribution in [0.25, 0.3) is 0 Å². The largest absolute Gasteiger partial charge is 0.354 e. The van der Waals surface area contributed by atoms with Gasteiger partial charge in [0.15, 0.2) is 0 Å². The van der Waals surface area contributed by atoms with Gasteiger partial charge in [0.25, 0.3) is 0 Å². The van der Waals surface area contributed by atoms with Crippen molar-refractivity contribution in [3.63, 3.8) is 0 Å². The van der Waals surface area contributed by atoms with Gasteiger partial charge in [0.05, 0.1) is 0 Å². The van der Waals surface area contributed by atoms with E-state index < -0.39 is 29.7 Å². The van der Waals surface area contributed by atoms with Crippen LogP contribution in [0.3, 0.4) is 0 Å². The second-order valence-electron chi connectivity index (χ2n) is 5.26. The molecular weight excluding hydrogens is 262 g/mol. The summed E-state index contributed by atoms with van der Waals surface area (Å²) < 4.78 is 0. The average Bonchev–Trinajstić information content (AvgIpc) is 2.37. The van der Waals surface area contributed by atoms with Crippen LogP contribution in [0.2, 0.25) is 0 Å². The summed E-state index contributed by atoms with van der Waals surface area (Å²) in [6, 6.07) is -0.827. The molecule has 5 amide bonds. The van der Waals surface area contributed by atoms with Crippen molar-refractivity contribution in [2.24, 2.45) is 11.8 Å². The van der Waals surface area contributed by atoms with Crippen LogP contribution >= 0.6 is 0 Å². The molecule has 20 heavy (non-hydrogen) atoms. The molecule has 0 radical (unpaired) electrons. The van der Waals surface area contributed by atoms with Crippen molar-refractivity contribution in [3.8, 4) is 0 Å². The highest BCUT2D eigenvalue weighted by atomic mass is 16.2. The van der Waals surface area contributed by atoms with Gasteiger partial charge in [0.1, 0.15) is 12.5 Å². The number of urea groups is 1. The van der Waals surface area contributed by atoms with Gasteiger partial charge in [-0.1, -0.05) is 27.2 Å². The summed E-state index contributed by atoms with van der Waals surface area (Å²) in [6.07, 6.45) is 1.01. The normalized spacial score (nSPS) is 19.3. The second-order valence-corrected chi connectivity index (χ2v) is 5.26. The number of barbiturate groups is 1. The number of amides is 5. The molecule has 112 valence electrons. The van der Waals surface area contributed by atoms with E-state index in [1.165, 1.54) is 0 Å². The van der Waals surface area contributed by atoms with Gasteiger partial charge in [0.2, 0.25) is 17.7 Å². The molecule has 0 aliphatic carbocycles. The Labute approximate surface area is 118 Å². The first kappa shape index (κ1) is 16.1. The first-order valence-electron chi connectivity index (χ1n) is 6.79. The molecule has 0 aromatic carbocycles. The highest BCUT2D eigenvalue weighted by molar-refractivity contribution is 6.17. The number of hydrogen-bond acceptors (Lipinski definition) is 4. The number of nitrogens with zero attached hydrogens (tertiary/aromatic N) is 1. The number of carbonyl (C=O) groups excluding carboxylic acids is 4. The molecule has 1 fully saturated rings. The van der Waals surface area contributed by atoms with E-state index in [-0.39, 0.29) is 12.5 Å². The molecule has 1 unspecified atom stereocenters. The van der Waals surface area contributed by atoms with Crippen molar-refractivity contribution >= 4 is 23.8 Å². The van der Waals surface area contributed by atoms with Gasteiger partial charge in [-0.15, -0.1) is 0 Å². The number of nitrogens with one attached hydrogen (secondary N) is 2. The van der Waals surface area contributed by atoms with Crippen LogP contribution < -0.4 is 10.6 Å². The van der Waals surface area contributed by atoms with Crippen LogP contribution in [-0.4, -0.2) is 41.7 Å². The average molecular weight is 283 g/mol. The summed E-state index contributed by atoms with van der Waals surface area (Å²) in [6.45, 7) is 5.84. The Balaban J connectivity index is 2.67. The summed E-state index contributed by atoms with van der Waals surface area (Å²) in [4.78, 5) is 47.8. The lowest BCUT2D eigenvalue weighted by Gasteiger charge is -2.29. The van der Waals surface area contributed by atoms with E-state index in [0.29, 0.717) is 19.4 Å². The second kappa shape index (κ2) is 7.02. The molecule has 0 aromatic heterocycles. The zero-order valence-electron chi connectivity index (χ0n) is 12.1. The predicted molar refractivity (Wildman–Crippen MR) is 71.5 cm³/mol. The summed E-state index contributed by atoms with van der Waals surface area (Å²) in [5.74, 6) is -2.19. The monoisotopic (exact) mass is 283 g/mol. The smallest absolute Gasteiger partial charge is 0.331 e. The molecule has 1 aliphatic heterocycles. The van der Waals surface area contributed by atoms with Crippen molar-refractivity contribution in [1.82, 2.24) is 15.5 Å². The fourth-order valence-corrected chi connectivity index (χ4v) is 1.87. The molecule has 0 aromatic rings. The number of carbonyl (C=O) groups is 4. The Hall–Kier alpha value is -1.92. The minimum absolute atomic E-state index is 0.277. The van der Waals surface area contributed by atoms with Gasteiger partial charge in [-0.2, -0.15) is 0 Å². The Bertz CT molecular complexity index is 420. The lowest BCUT2D eigenvalue weighted by Crippen LogP contribution is -2.59. The van der Waals surface area contributed by atoms with E-state index in [1.807, 2.05) is 20.8 Å². The topological polar surface area (TPSA) is 95.6 Å². The molecule has 1 aliphatic rings. The maximum Gasteiger partial charge on any atom is 0.331 e. The van der Waals surface area contributed by atoms with E-state index in [4.69, 9.17) is 0 Å². The molecule has 1 heterocycles. The maximum atomic E-state index is 12.1. The van der Waals surface area contributed by atoms with Gasteiger partial charge < -0.3 is 5.32 Å². The predicted octanol–water partition coefficient (Wildman–Crippen LogP) is 0.253. The molecule has 0 spiro atoms. The SMILES string of the molecule is CCCC1C(=O)NC(=O)N(CC(=O)NCC(C)C)C1=O. The quantitative estimate of drug-likeness (QED) is 0.683. The lowest BCUT2D eigenvalue weighted by molar-refractivity contribution is -0.145. The molecule has 7 nitrogen and oxygen atoms in total. The molecule has 1 rings (SSSR count). The van der Waals surface area contributed by atoms with E-state index in [9.17, 15) is 19.2 Å². The van der Waals surface area contributed by atoms with Crippen LogP contribution in [0.5, 0.6) is 0 Å². The molecular formula is C13H21N3O4. The van der Waals surface area contributed by atoms with E-state index in [2.05, 4.69) is 10.6 Å². The Morgan fingerprint density at radius 3 is 2.55 bits per heavy atom. The third-order valence-corrected chi connectivity index (χ3v) is 2.94. The molecule has 0 saturated carbocycles. The summed E-state index contributed by atoms with van der Waals surface area (Å²) >= 11 is 0. The maximum absolute atomic E-state index is 12.1. The van der Waals surface area contributed by atoms with Gasteiger partial charge in [-0.25, -0.2) is 4.79 Å². The zero-order valence-corrected chi connectivity index (χ0v) is 12.1. The Morgan fingerprint density at radius 2 is 2.00 bits per heavy atom. The van der Waals surface area contributed by atoms with Crippen LogP contribution in [0.4, 0.5) is 4.79 Å². The fourth-order valence-electron chi connectivity index (χ4n) is 1.87. The molecule has 7 heteroatoms. The standard InChI is InChI=1S/C13H21N3O4/c1-4-5-9-11(18)15-13(20)16(12(9)19)7-10(17)14-6-8(2)3/h8-9H,4-7H2,1-3H3,(H,14,17)(H,15,18,20). The van der Waals surface area contributed by atoms with Gasteiger partial charge in [0, 0.05) is 6.54 Å². The lowest BCUT2D eigenvalue weighted by atomic mass is 9.99. The van der Waals surface area contributed by atoms with Crippen LogP contribution in [0, 0.1) is 11.8 Å². The highest BCUT2D eigenvalue weighted by Gasteiger charge is 2.40. The van der Waals surface area contributed by atoms with Gasteiger partial charge in [-0.05, 0) is 12.3 Å². The minimum Gasteiger partial charge on any atom is -0.354 e. The summed E-state index contributed by atoms with van der Waals surface area (Å²) in [7, 11) is 0. The third-order valence-electron chi connectivity index (χ3n) is 2.94. The summed E-state index contributed by atoms with van der Waals surface area (Å²) in [5.41, 5.74) is 0. The fraction of sp³-hybridized carbons (Fsp3) is 0.692. The molecule has 2 N–H and O–H groups in total. The van der Waals surface area contributed by atoms with Crippen molar-refractivity contribution in [2.75, 3.05) is 13.1 Å². The number of rotatable bonds is 6. The first-order chi connectivity index (χ1) is 9.36. The van der Waals surface area contributed by atoms with E-state index >= 15 is 0 Å². The van der Waals surface area contributed by atoms with Crippen molar-refractivity contribution in [2.45, 2.75) is 33.6 Å². The molecule has 1 saturated heterocycles. The van der Waals surface area contributed by atoms with Gasteiger partial charge in [-0.3, -0.25) is 24.6 Å². The Morgan fingerprint density at radius 1 is 1.35 bits per heavy atom. The van der Waals surface area contributed by atoms with Gasteiger partial charge >= 0.3 is 6.03 Å². The Kier molecular flexibility index (Phi) is 5.66. The van der Waals surface area contributed by atoms with E-state index in [1.54, 1.807) is 0 Å². The molecule has 1 atom stereocenters. The number of imide groups is 2. The van der Waals surface area contributed by atoms with Crippen LogP contribution in [-0.2, 0) is 14.4 Å². The highest BCUT2D eigenvalue weighted by Crippen LogP contribution is 2.15. The van der Waals surface area contributed by atoms with E-state index in [0.717, 1.165) is 4.90 Å². The van der Waals surface area contributed by atoms with Crippen molar-refractivity contribution < 1.29 is 19.2 Å². The van der Waals surface area contributed by atoms with Crippen LogP contribution in [0.1, 0.15) is 33.6 Å². The minimum atomic E-state index is -0.879. The molecule has 0 bridgehead atoms. The van der Waals surface area contributed by atoms with Crippen LogP contribution in [0.15, 0.2) is 0 Å². The number of hydrogen-bond donors (Lipinski definition) is 2. The third kappa shape index (κ3) is 4.04. The summed E-state index contributed by atoms with van der Waals surface area (Å²) in [5, 5.41) is 4.74.